The lowest BCUT2D eigenvalue weighted by molar-refractivity contribution is -0.110. The summed E-state index contributed by atoms with van der Waals surface area (Å²) >= 11 is 1.34. The van der Waals surface area contributed by atoms with Gasteiger partial charge in [-0.05, 0) is 43.9 Å². The van der Waals surface area contributed by atoms with Gasteiger partial charge in [0.1, 0.15) is 4.66 Å². The van der Waals surface area contributed by atoms with E-state index in [9.17, 15) is 9.59 Å². The van der Waals surface area contributed by atoms with Gasteiger partial charge >= 0.3 is 0 Å². The lowest BCUT2D eigenvalue weighted by Crippen LogP contribution is -2.36. The number of anilines is 1. The number of thiazole rings is 1. The third-order valence-electron chi connectivity index (χ3n) is 5.26. The lowest BCUT2D eigenvalue weighted by atomic mass is 10.1. The Hall–Kier alpha value is -3.36. The Labute approximate surface area is 182 Å². The first kappa shape index (κ1) is 19.6. The largest absolute Gasteiger partial charge is 0.454 e. The molecule has 5 rings (SSSR count). The van der Waals surface area contributed by atoms with Gasteiger partial charge in [-0.1, -0.05) is 24.3 Å². The standard InChI is InChI=1S/C23H21N3O4S/c1-25(2)9-10-26-22(28)19(12-14-7-8-17-18(11-14)30-13-29-17)31-23(26)20-15-5-3-4-6-16(15)24-21(20)27/h3-8,11-12H,9-10,13H2,1-2H3,(H,24,27)/b19-12?,23-20-. The highest BCUT2D eigenvalue weighted by atomic mass is 32.1. The Morgan fingerprint density at radius 2 is 1.94 bits per heavy atom. The van der Waals surface area contributed by atoms with Crippen LogP contribution in [0.4, 0.5) is 5.69 Å². The molecule has 1 N–H and O–H groups in total. The molecule has 7 nitrogen and oxygen atoms in total. The van der Waals surface area contributed by atoms with Crippen LogP contribution in [0.1, 0.15) is 11.1 Å². The summed E-state index contributed by atoms with van der Waals surface area (Å²) in [6.45, 7) is 1.38. The minimum Gasteiger partial charge on any atom is -0.454 e. The van der Waals surface area contributed by atoms with Crippen LogP contribution in [0.5, 0.6) is 11.5 Å². The molecule has 2 aromatic carbocycles. The third-order valence-corrected chi connectivity index (χ3v) is 6.39. The van der Waals surface area contributed by atoms with Crippen molar-refractivity contribution >= 4 is 34.6 Å². The number of nitrogens with one attached hydrogen (secondary N) is 1. The van der Waals surface area contributed by atoms with E-state index in [-0.39, 0.29) is 18.3 Å². The molecule has 0 bridgehead atoms. The van der Waals surface area contributed by atoms with Crippen molar-refractivity contribution < 1.29 is 14.3 Å². The fourth-order valence-corrected chi connectivity index (χ4v) is 4.88. The molecule has 1 aromatic heterocycles. The number of carbonyl (C=O) groups excluding carboxylic acids is 1. The number of rotatable bonds is 4. The summed E-state index contributed by atoms with van der Waals surface area (Å²) in [7, 11) is 3.92. The molecule has 0 aliphatic carbocycles. The molecule has 158 valence electrons. The molecule has 2 aliphatic rings. The second-order valence-electron chi connectivity index (χ2n) is 7.66. The number of hydrogen-bond donors (Lipinski definition) is 1. The predicted molar refractivity (Wildman–Crippen MR) is 120 cm³/mol. The molecule has 31 heavy (non-hydrogen) atoms. The zero-order valence-electron chi connectivity index (χ0n) is 17.2. The summed E-state index contributed by atoms with van der Waals surface area (Å²) in [5, 5.41) is 2.91. The number of nitrogens with zero attached hydrogens (tertiary/aromatic N) is 2. The van der Waals surface area contributed by atoms with Crippen molar-refractivity contribution in [2.24, 2.45) is 0 Å². The third kappa shape index (κ3) is 3.54. The van der Waals surface area contributed by atoms with Crippen LogP contribution < -0.4 is 29.5 Å². The normalized spacial score (nSPS) is 16.7. The molecular formula is C23H21N3O4S. The first-order chi connectivity index (χ1) is 15.0. The Kier molecular flexibility index (Phi) is 4.88. The van der Waals surface area contributed by atoms with Crippen molar-refractivity contribution in [2.75, 3.05) is 32.7 Å². The minimum absolute atomic E-state index is 0.107. The van der Waals surface area contributed by atoms with Crippen molar-refractivity contribution in [2.45, 2.75) is 6.54 Å². The smallest absolute Gasteiger partial charge is 0.269 e. The van der Waals surface area contributed by atoms with E-state index in [0.717, 1.165) is 16.8 Å². The second-order valence-corrected chi connectivity index (χ2v) is 8.69. The molecule has 0 radical (unpaired) electrons. The summed E-state index contributed by atoms with van der Waals surface area (Å²) < 4.78 is 13.8. The maximum atomic E-state index is 13.3. The van der Waals surface area contributed by atoms with Gasteiger partial charge < -0.3 is 19.7 Å². The Bertz CT molecular complexity index is 1370. The topological polar surface area (TPSA) is 72.8 Å². The average Bonchev–Trinajstić information content (AvgIpc) is 3.42. The van der Waals surface area contributed by atoms with Crippen molar-refractivity contribution in [3.05, 3.63) is 73.1 Å². The van der Waals surface area contributed by atoms with Gasteiger partial charge in [0.05, 0.1) is 10.1 Å². The Morgan fingerprint density at radius 3 is 2.77 bits per heavy atom. The number of para-hydroxylation sites is 1. The number of aromatic nitrogens is 1. The molecule has 3 aromatic rings. The number of hydrogen-bond acceptors (Lipinski definition) is 6. The predicted octanol–water partition coefficient (Wildman–Crippen LogP) is 1.18. The molecule has 2 aliphatic heterocycles. The Balaban J connectivity index is 1.72. The van der Waals surface area contributed by atoms with Gasteiger partial charge in [-0.2, -0.15) is 0 Å². The number of benzene rings is 2. The van der Waals surface area contributed by atoms with Crippen LogP contribution in [-0.4, -0.2) is 42.8 Å². The van der Waals surface area contributed by atoms with E-state index in [1.807, 2.05) is 67.5 Å². The Morgan fingerprint density at radius 1 is 1.13 bits per heavy atom. The fourth-order valence-electron chi connectivity index (χ4n) is 3.69. The second kappa shape index (κ2) is 7.72. The molecule has 0 saturated carbocycles. The zero-order valence-corrected chi connectivity index (χ0v) is 18.0. The van der Waals surface area contributed by atoms with E-state index in [1.54, 1.807) is 4.57 Å². The van der Waals surface area contributed by atoms with Crippen LogP contribution in [0.3, 0.4) is 0 Å². The van der Waals surface area contributed by atoms with E-state index in [4.69, 9.17) is 9.47 Å². The van der Waals surface area contributed by atoms with Gasteiger partial charge in [0.15, 0.2) is 11.5 Å². The monoisotopic (exact) mass is 435 g/mol. The zero-order chi connectivity index (χ0) is 21.5. The van der Waals surface area contributed by atoms with Gasteiger partial charge in [-0.15, -0.1) is 11.3 Å². The molecular weight excluding hydrogens is 414 g/mol. The molecule has 3 heterocycles. The van der Waals surface area contributed by atoms with Crippen molar-refractivity contribution in [3.8, 4) is 11.5 Å². The van der Waals surface area contributed by atoms with Gasteiger partial charge in [0.2, 0.25) is 6.79 Å². The minimum atomic E-state index is -0.185. The lowest BCUT2D eigenvalue weighted by Gasteiger charge is -2.10. The van der Waals surface area contributed by atoms with Crippen molar-refractivity contribution in [1.82, 2.24) is 9.47 Å². The number of likely N-dealkylation sites (N-methyl/N-ethyl adjacent to an activating group) is 1. The van der Waals surface area contributed by atoms with Gasteiger partial charge in [-0.25, -0.2) is 0 Å². The first-order valence-corrected chi connectivity index (χ1v) is 10.7. The maximum Gasteiger partial charge on any atom is 0.269 e. The highest BCUT2D eigenvalue weighted by Crippen LogP contribution is 2.32. The first-order valence-electron chi connectivity index (χ1n) is 9.92. The van der Waals surface area contributed by atoms with E-state index in [2.05, 4.69) is 5.32 Å². The number of carbonyl (C=O) groups is 1. The number of amides is 1. The average molecular weight is 436 g/mol. The van der Waals surface area contributed by atoms with E-state index in [0.29, 0.717) is 39.4 Å². The van der Waals surface area contributed by atoms with E-state index >= 15 is 0 Å². The quantitative estimate of drug-likeness (QED) is 0.666. The molecule has 0 fully saturated rings. The molecule has 0 unspecified atom stereocenters. The molecule has 8 heteroatoms. The summed E-state index contributed by atoms with van der Waals surface area (Å²) in [6.07, 6.45) is 1.84. The summed E-state index contributed by atoms with van der Waals surface area (Å²) in [5.41, 5.74) is 2.87. The maximum absolute atomic E-state index is 13.3. The van der Waals surface area contributed by atoms with E-state index < -0.39 is 0 Å². The van der Waals surface area contributed by atoms with Crippen LogP contribution in [0.15, 0.2) is 47.3 Å². The van der Waals surface area contributed by atoms with Gasteiger partial charge in [-0.3, -0.25) is 14.2 Å². The SMILES string of the molecule is CN(C)CCn1c(=O)c(=Cc2ccc3c(c2)OCO3)s/c1=C1\C(=O)Nc2ccccc21. The summed E-state index contributed by atoms with van der Waals surface area (Å²) in [4.78, 5) is 28.2. The van der Waals surface area contributed by atoms with Crippen LogP contribution >= 0.6 is 11.3 Å². The number of ether oxygens (including phenoxy) is 2. The molecule has 1 amide bonds. The van der Waals surface area contributed by atoms with Crippen LogP contribution in [0.2, 0.25) is 0 Å². The van der Waals surface area contributed by atoms with Crippen molar-refractivity contribution in [3.63, 3.8) is 0 Å². The summed E-state index contributed by atoms with van der Waals surface area (Å²) in [5.74, 6) is 1.18. The highest BCUT2D eigenvalue weighted by Gasteiger charge is 2.26. The van der Waals surface area contributed by atoms with Crippen molar-refractivity contribution in [1.29, 1.82) is 0 Å². The van der Waals surface area contributed by atoms with Gasteiger partial charge in [0.25, 0.3) is 11.5 Å². The number of fused-ring (bicyclic) bond motifs is 2. The van der Waals surface area contributed by atoms with E-state index in [1.165, 1.54) is 11.3 Å². The van der Waals surface area contributed by atoms with Crippen LogP contribution in [-0.2, 0) is 11.3 Å². The molecule has 0 atom stereocenters. The van der Waals surface area contributed by atoms with Crippen LogP contribution in [0, 0.1) is 0 Å². The fraction of sp³-hybridized carbons (Fsp3) is 0.217. The van der Waals surface area contributed by atoms with Gasteiger partial charge in [0, 0.05) is 24.3 Å². The summed E-state index contributed by atoms with van der Waals surface area (Å²) in [6, 6.07) is 13.1. The van der Waals surface area contributed by atoms with Crippen LogP contribution in [0.25, 0.3) is 11.6 Å². The molecule has 0 saturated heterocycles. The molecule has 0 spiro atoms. The highest BCUT2D eigenvalue weighted by molar-refractivity contribution is 7.07.